The molecule has 0 fully saturated rings. The average Bonchev–Trinajstić information content (AvgIpc) is 2.68. The molecule has 0 unspecified atom stereocenters. The number of fused-ring (bicyclic) bond motifs is 1. The second kappa shape index (κ2) is 4.83. The molecule has 6 nitrogen and oxygen atoms in total. The van der Waals surface area contributed by atoms with E-state index in [0.29, 0.717) is 12.8 Å². The van der Waals surface area contributed by atoms with Crippen molar-refractivity contribution < 1.29 is 9.90 Å². The monoisotopic (exact) mass is 238 g/mol. The summed E-state index contributed by atoms with van der Waals surface area (Å²) in [7, 11) is 4.01. The number of aliphatic carboxylic acids is 1. The van der Waals surface area contributed by atoms with Gasteiger partial charge in [0.1, 0.15) is 0 Å². The summed E-state index contributed by atoms with van der Waals surface area (Å²) >= 11 is 0. The maximum absolute atomic E-state index is 11.0. The summed E-state index contributed by atoms with van der Waals surface area (Å²) in [5.74, 6) is -0.991. The average molecular weight is 238 g/mol. The van der Waals surface area contributed by atoms with Crippen LogP contribution in [0.3, 0.4) is 0 Å². The van der Waals surface area contributed by atoms with Gasteiger partial charge in [0, 0.05) is 13.0 Å². The van der Waals surface area contributed by atoms with Crippen LogP contribution in [0.5, 0.6) is 0 Å². The number of carboxylic acid groups (broad SMARTS) is 1. The molecule has 2 rings (SSSR count). The Hall–Kier alpha value is -1.43. The van der Waals surface area contributed by atoms with Crippen molar-refractivity contribution in [2.75, 3.05) is 20.6 Å². The van der Waals surface area contributed by atoms with Gasteiger partial charge in [-0.1, -0.05) is 5.21 Å². The van der Waals surface area contributed by atoms with Crippen LogP contribution in [-0.4, -0.2) is 51.6 Å². The number of aryl methyl sites for hydroxylation is 1. The number of rotatable bonds is 4. The summed E-state index contributed by atoms with van der Waals surface area (Å²) in [6, 6.07) is 0. The van der Waals surface area contributed by atoms with Gasteiger partial charge >= 0.3 is 5.97 Å². The Balaban J connectivity index is 2.11. The molecule has 0 spiro atoms. The maximum atomic E-state index is 11.0. The van der Waals surface area contributed by atoms with Gasteiger partial charge in [0.2, 0.25) is 0 Å². The van der Waals surface area contributed by atoms with Crippen molar-refractivity contribution in [2.45, 2.75) is 25.8 Å². The molecule has 0 aromatic carbocycles. The highest BCUT2D eigenvalue weighted by Crippen LogP contribution is 2.23. The van der Waals surface area contributed by atoms with E-state index >= 15 is 0 Å². The number of likely N-dealkylation sites (N-methyl/N-ethyl adjacent to an activating group) is 1. The van der Waals surface area contributed by atoms with Crippen molar-refractivity contribution in [1.82, 2.24) is 19.9 Å². The van der Waals surface area contributed by atoms with Gasteiger partial charge in [0.25, 0.3) is 0 Å². The fourth-order valence-corrected chi connectivity index (χ4v) is 2.12. The third-order valence-electron chi connectivity index (χ3n) is 3.20. The minimum atomic E-state index is -0.712. The number of hydrogen-bond acceptors (Lipinski definition) is 4. The molecule has 1 aliphatic carbocycles. The van der Waals surface area contributed by atoms with E-state index in [-0.39, 0.29) is 5.92 Å². The second-order valence-electron chi connectivity index (χ2n) is 4.79. The van der Waals surface area contributed by atoms with Crippen molar-refractivity contribution in [3.8, 4) is 0 Å². The molecule has 0 radical (unpaired) electrons. The summed E-state index contributed by atoms with van der Waals surface area (Å²) < 4.78 is 1.85. The summed E-state index contributed by atoms with van der Waals surface area (Å²) in [4.78, 5) is 13.1. The lowest BCUT2D eigenvalue weighted by Gasteiger charge is -2.19. The molecule has 0 saturated carbocycles. The Morgan fingerprint density at radius 2 is 2.35 bits per heavy atom. The van der Waals surface area contributed by atoms with Crippen LogP contribution in [0.2, 0.25) is 0 Å². The highest BCUT2D eigenvalue weighted by molar-refractivity contribution is 5.70. The molecular formula is C11H18N4O2. The van der Waals surface area contributed by atoms with Crippen LogP contribution in [0, 0.1) is 5.92 Å². The number of nitrogens with zero attached hydrogens (tertiary/aromatic N) is 4. The van der Waals surface area contributed by atoms with Crippen molar-refractivity contribution in [2.24, 2.45) is 5.92 Å². The zero-order valence-electron chi connectivity index (χ0n) is 10.3. The Morgan fingerprint density at radius 1 is 1.59 bits per heavy atom. The molecular weight excluding hydrogens is 220 g/mol. The molecule has 1 aromatic rings. The fraction of sp³-hybridized carbons (Fsp3) is 0.727. The Morgan fingerprint density at radius 3 is 3.00 bits per heavy atom. The molecule has 0 saturated heterocycles. The SMILES string of the molecule is CN(C)CCn1nnc2c1C[C@H](C(=O)O)CC2. The van der Waals surface area contributed by atoms with E-state index in [2.05, 4.69) is 15.2 Å². The molecule has 0 aliphatic heterocycles. The van der Waals surface area contributed by atoms with Gasteiger partial charge in [-0.3, -0.25) is 4.79 Å². The summed E-state index contributed by atoms with van der Waals surface area (Å²) in [6.45, 7) is 1.65. The van der Waals surface area contributed by atoms with Crippen LogP contribution in [0.1, 0.15) is 17.8 Å². The molecule has 0 amide bonds. The predicted octanol–water partition coefficient (Wildman–Crippen LogP) is 0.0292. The highest BCUT2D eigenvalue weighted by atomic mass is 16.4. The molecule has 1 aliphatic rings. The zero-order valence-corrected chi connectivity index (χ0v) is 10.3. The number of carbonyl (C=O) groups is 1. The molecule has 1 atom stereocenters. The third-order valence-corrected chi connectivity index (χ3v) is 3.20. The smallest absolute Gasteiger partial charge is 0.306 e. The lowest BCUT2D eigenvalue weighted by atomic mass is 9.90. The minimum Gasteiger partial charge on any atom is -0.481 e. The first-order chi connectivity index (χ1) is 8.08. The van der Waals surface area contributed by atoms with E-state index in [0.717, 1.165) is 30.9 Å². The Kier molecular flexibility index (Phi) is 3.42. The highest BCUT2D eigenvalue weighted by Gasteiger charge is 2.28. The third kappa shape index (κ3) is 2.63. The van der Waals surface area contributed by atoms with Gasteiger partial charge in [0.15, 0.2) is 0 Å². The largest absolute Gasteiger partial charge is 0.481 e. The Labute approximate surface area is 100 Å². The summed E-state index contributed by atoms with van der Waals surface area (Å²) in [5.41, 5.74) is 1.98. The van der Waals surface area contributed by atoms with Crippen molar-refractivity contribution in [3.63, 3.8) is 0 Å². The summed E-state index contributed by atoms with van der Waals surface area (Å²) in [6.07, 6.45) is 1.97. The van der Waals surface area contributed by atoms with Crippen LogP contribution in [0.4, 0.5) is 0 Å². The van der Waals surface area contributed by atoms with Crippen LogP contribution in [0.15, 0.2) is 0 Å². The van der Waals surface area contributed by atoms with Crippen molar-refractivity contribution >= 4 is 5.97 Å². The van der Waals surface area contributed by atoms with E-state index in [1.54, 1.807) is 0 Å². The van der Waals surface area contributed by atoms with Crippen molar-refractivity contribution in [1.29, 1.82) is 0 Å². The minimum absolute atomic E-state index is 0.279. The first-order valence-corrected chi connectivity index (χ1v) is 5.86. The van der Waals surface area contributed by atoms with Crippen LogP contribution in [-0.2, 0) is 24.2 Å². The van der Waals surface area contributed by atoms with Gasteiger partial charge in [-0.25, -0.2) is 4.68 Å². The second-order valence-corrected chi connectivity index (χ2v) is 4.79. The molecule has 1 aromatic heterocycles. The van der Waals surface area contributed by atoms with Gasteiger partial charge in [-0.2, -0.15) is 0 Å². The van der Waals surface area contributed by atoms with E-state index in [9.17, 15) is 4.79 Å². The normalized spacial score (nSPS) is 19.4. The zero-order chi connectivity index (χ0) is 12.4. The lowest BCUT2D eigenvalue weighted by molar-refractivity contribution is -0.142. The van der Waals surface area contributed by atoms with Crippen LogP contribution >= 0.6 is 0 Å². The van der Waals surface area contributed by atoms with Crippen LogP contribution in [0.25, 0.3) is 0 Å². The molecule has 1 N–H and O–H groups in total. The van der Waals surface area contributed by atoms with Gasteiger partial charge in [-0.05, 0) is 26.9 Å². The molecule has 94 valence electrons. The number of aromatic nitrogens is 3. The van der Waals surface area contributed by atoms with E-state index in [1.807, 2.05) is 18.8 Å². The van der Waals surface area contributed by atoms with Crippen LogP contribution < -0.4 is 0 Å². The lowest BCUT2D eigenvalue weighted by Crippen LogP contribution is -2.26. The maximum Gasteiger partial charge on any atom is 0.306 e. The topological polar surface area (TPSA) is 71.2 Å². The summed E-state index contributed by atoms with van der Waals surface area (Å²) in [5, 5.41) is 17.3. The molecule has 17 heavy (non-hydrogen) atoms. The number of carboxylic acids is 1. The quantitative estimate of drug-likeness (QED) is 0.801. The fourth-order valence-electron chi connectivity index (χ4n) is 2.12. The first kappa shape index (κ1) is 12.0. The van der Waals surface area contributed by atoms with Crippen molar-refractivity contribution in [3.05, 3.63) is 11.4 Å². The molecule has 6 heteroatoms. The van der Waals surface area contributed by atoms with E-state index < -0.39 is 5.97 Å². The van der Waals surface area contributed by atoms with E-state index in [1.165, 1.54) is 0 Å². The van der Waals surface area contributed by atoms with Gasteiger partial charge < -0.3 is 10.0 Å². The molecule has 1 heterocycles. The standard InChI is InChI=1S/C11H18N4O2/c1-14(2)5-6-15-10-7-8(11(16)17)3-4-9(10)12-13-15/h8H,3-7H2,1-2H3,(H,16,17)/t8-/m1/s1. The predicted molar refractivity (Wildman–Crippen MR) is 61.7 cm³/mol. The Bertz CT molecular complexity index is 414. The first-order valence-electron chi connectivity index (χ1n) is 5.86. The van der Waals surface area contributed by atoms with Gasteiger partial charge in [0.05, 0.1) is 23.9 Å². The molecule has 0 bridgehead atoms. The van der Waals surface area contributed by atoms with Gasteiger partial charge in [-0.15, -0.1) is 5.10 Å². The van der Waals surface area contributed by atoms with E-state index in [4.69, 9.17) is 5.11 Å². The number of hydrogen-bond donors (Lipinski definition) is 1.